The summed E-state index contributed by atoms with van der Waals surface area (Å²) in [6.07, 6.45) is 3.36. The Bertz CT molecular complexity index is 1020. The fourth-order valence-electron chi connectivity index (χ4n) is 2.58. The molecule has 0 amide bonds. The van der Waals surface area contributed by atoms with E-state index in [1.807, 2.05) is 24.3 Å². The van der Waals surface area contributed by atoms with Crippen LogP contribution in [-0.4, -0.2) is 9.97 Å². The van der Waals surface area contributed by atoms with Crippen LogP contribution in [0.4, 0.5) is 0 Å². The molecule has 4 rings (SSSR count). The number of aromatic nitrogens is 2. The van der Waals surface area contributed by atoms with Crippen molar-refractivity contribution in [1.29, 1.82) is 0 Å². The van der Waals surface area contributed by atoms with Crippen LogP contribution < -0.4 is 5.63 Å². The molecule has 4 aromatic rings. The molecule has 0 saturated heterocycles. The monoisotopic (exact) mass is 481 g/mol. The minimum absolute atomic E-state index is 0.556. The fourth-order valence-corrected chi connectivity index (χ4v) is 5.76. The predicted molar refractivity (Wildman–Crippen MR) is 101 cm³/mol. The van der Waals surface area contributed by atoms with Crippen molar-refractivity contribution in [2.75, 3.05) is 0 Å². The predicted octanol–water partition coefficient (Wildman–Crippen LogP) is 6.15. The Kier molecular flexibility index (Phi) is 5.33. The summed E-state index contributed by atoms with van der Waals surface area (Å²) in [5.41, 5.74) is 1.31. The van der Waals surface area contributed by atoms with Crippen LogP contribution >= 0.6 is 31.7 Å². The van der Waals surface area contributed by atoms with E-state index in [9.17, 15) is 0 Å². The Morgan fingerprint density at radius 2 is 1.15 bits per heavy atom. The molecule has 2 aromatic carbocycles. The zero-order chi connectivity index (χ0) is 18.1. The second kappa shape index (κ2) is 7.69. The first-order valence-electron chi connectivity index (χ1n) is 7.58. The maximum absolute atomic E-state index is 6.46. The van der Waals surface area contributed by atoms with Gasteiger partial charge in [0, 0.05) is 0 Å². The van der Waals surface area contributed by atoms with Gasteiger partial charge in [-0.3, -0.25) is 0 Å². The van der Waals surface area contributed by atoms with Gasteiger partial charge in [-0.15, -0.1) is 0 Å². The van der Waals surface area contributed by atoms with E-state index in [4.69, 9.17) is 37.3 Å². The molecule has 0 aliphatic heterocycles. The molecule has 2 heterocycles. The van der Waals surface area contributed by atoms with Crippen LogP contribution in [0.3, 0.4) is 0 Å². The van der Waals surface area contributed by atoms with Crippen LogP contribution in [0.5, 0.6) is 11.5 Å². The van der Waals surface area contributed by atoms with Crippen molar-refractivity contribution in [3.8, 4) is 11.5 Å². The molecular weight excluding hydrogens is 474 g/mol. The van der Waals surface area contributed by atoms with E-state index >= 15 is 0 Å². The Labute approximate surface area is 172 Å². The molecule has 0 aliphatic carbocycles. The van der Waals surface area contributed by atoms with E-state index in [2.05, 4.69) is 9.97 Å². The number of hydrogen-bond acceptors (Lipinski definition) is 4. The molecule has 0 saturated carbocycles. The molecule has 0 unspecified atom stereocenters. The van der Waals surface area contributed by atoms with E-state index < -0.39 is 21.4 Å². The Hall–Kier alpha value is -1.39. The van der Waals surface area contributed by atoms with E-state index in [1.165, 1.54) is 0 Å². The summed E-state index contributed by atoms with van der Waals surface area (Å²) in [5, 5.41) is 2.82. The van der Waals surface area contributed by atoms with E-state index in [-0.39, 0.29) is 0 Å². The second-order valence-corrected chi connectivity index (χ2v) is 10.1. The molecule has 26 heavy (non-hydrogen) atoms. The average molecular weight is 484 g/mol. The van der Waals surface area contributed by atoms with Gasteiger partial charge in [0.25, 0.3) is 0 Å². The summed E-state index contributed by atoms with van der Waals surface area (Å²) >= 11 is 9.20. The minimum atomic E-state index is -3.22. The van der Waals surface area contributed by atoms with Gasteiger partial charge >= 0.3 is 173 Å². The molecule has 0 fully saturated rings. The third kappa shape index (κ3) is 3.54. The van der Waals surface area contributed by atoms with Crippen molar-refractivity contribution in [3.05, 3.63) is 71.0 Å². The molecule has 0 radical (unpaired) electrons. The Balaban J connectivity index is 1.64. The van der Waals surface area contributed by atoms with Gasteiger partial charge < -0.3 is 0 Å². The zero-order valence-electron chi connectivity index (χ0n) is 13.1. The SMILES string of the molecule is Clc1ccc([O][Zr]([Cl])[O]c2ccc(Cl)c3cccnc23)c2ncccc12. The molecule has 8 heteroatoms. The molecular formula is C18H10Cl3N2O2Zr. The van der Waals surface area contributed by atoms with Gasteiger partial charge in [-0.05, 0) is 0 Å². The van der Waals surface area contributed by atoms with Gasteiger partial charge in [0.1, 0.15) is 0 Å². The second-order valence-electron chi connectivity index (χ2n) is 5.33. The van der Waals surface area contributed by atoms with Crippen molar-refractivity contribution in [2.45, 2.75) is 0 Å². The molecule has 0 N–H and O–H groups in total. The van der Waals surface area contributed by atoms with Crippen molar-refractivity contribution in [1.82, 2.24) is 9.97 Å². The molecule has 0 bridgehead atoms. The van der Waals surface area contributed by atoms with E-state index in [0.717, 1.165) is 10.8 Å². The molecule has 0 spiro atoms. The fraction of sp³-hybridized carbons (Fsp3) is 0. The van der Waals surface area contributed by atoms with Crippen LogP contribution in [0.25, 0.3) is 21.8 Å². The number of pyridine rings is 2. The molecule has 0 atom stereocenters. The normalized spacial score (nSPS) is 10.9. The molecule has 0 aliphatic rings. The summed E-state index contributed by atoms with van der Waals surface area (Å²) in [7, 11) is 6.46. The number of rotatable bonds is 4. The number of nitrogens with zero attached hydrogens (tertiary/aromatic N) is 2. The number of fused-ring (bicyclic) bond motifs is 2. The quantitative estimate of drug-likeness (QED) is 0.349. The number of halogens is 3. The average Bonchev–Trinajstić information content (AvgIpc) is 2.67. The van der Waals surface area contributed by atoms with E-state index in [0.29, 0.717) is 32.6 Å². The van der Waals surface area contributed by atoms with Crippen LogP contribution in [0.15, 0.2) is 60.9 Å². The van der Waals surface area contributed by atoms with E-state index in [1.54, 1.807) is 36.7 Å². The van der Waals surface area contributed by atoms with Gasteiger partial charge in [0.15, 0.2) is 0 Å². The Morgan fingerprint density at radius 1 is 0.692 bits per heavy atom. The van der Waals surface area contributed by atoms with Crippen LogP contribution in [0, 0.1) is 0 Å². The summed E-state index contributed by atoms with van der Waals surface area (Å²) in [5.74, 6) is 1.11. The first kappa shape index (κ1) is 18.0. The van der Waals surface area contributed by atoms with Gasteiger partial charge in [0.05, 0.1) is 0 Å². The van der Waals surface area contributed by atoms with Crippen LogP contribution in [0.1, 0.15) is 0 Å². The van der Waals surface area contributed by atoms with Gasteiger partial charge in [-0.2, -0.15) is 0 Å². The van der Waals surface area contributed by atoms with Crippen LogP contribution in [0.2, 0.25) is 10.0 Å². The first-order chi connectivity index (χ1) is 12.6. The maximum atomic E-state index is 6.46. The summed E-state index contributed by atoms with van der Waals surface area (Å²) in [6.45, 7) is 0. The Morgan fingerprint density at radius 3 is 1.62 bits per heavy atom. The topological polar surface area (TPSA) is 44.2 Å². The number of hydrogen-bond donors (Lipinski definition) is 0. The zero-order valence-corrected chi connectivity index (χ0v) is 17.8. The molecule has 4 nitrogen and oxygen atoms in total. The molecule has 2 aromatic heterocycles. The summed E-state index contributed by atoms with van der Waals surface area (Å²) < 4.78 is 11.8. The summed E-state index contributed by atoms with van der Waals surface area (Å²) in [6, 6.07) is 14.4. The standard InChI is InChI=1S/2C9H6ClNO.ClH.Zr/c2*10-7-3-4-8(12)9-6(7)2-1-5-11-9;;/h2*1-5,12H;1H;/q;;;+3/p-3. The third-order valence-electron chi connectivity index (χ3n) is 3.74. The van der Waals surface area contributed by atoms with Crippen molar-refractivity contribution in [3.63, 3.8) is 0 Å². The van der Waals surface area contributed by atoms with Crippen molar-refractivity contribution < 1.29 is 27.1 Å². The third-order valence-corrected chi connectivity index (χ3v) is 7.18. The van der Waals surface area contributed by atoms with Crippen LogP contribution in [-0.2, 0) is 21.4 Å². The van der Waals surface area contributed by atoms with Crippen molar-refractivity contribution in [2.24, 2.45) is 0 Å². The van der Waals surface area contributed by atoms with Gasteiger partial charge in [-0.1, -0.05) is 0 Å². The number of benzene rings is 2. The first-order valence-corrected chi connectivity index (χ1v) is 13.5. The molecule has 129 valence electrons. The summed E-state index contributed by atoms with van der Waals surface area (Å²) in [4.78, 5) is 8.68. The van der Waals surface area contributed by atoms with Gasteiger partial charge in [-0.25, -0.2) is 0 Å². The van der Waals surface area contributed by atoms with Crippen molar-refractivity contribution >= 4 is 53.5 Å². The van der Waals surface area contributed by atoms with Gasteiger partial charge in [0.2, 0.25) is 0 Å².